The molecule has 10 nitrogen and oxygen atoms in total. The molecule has 0 aliphatic rings. The lowest BCUT2D eigenvalue weighted by Crippen LogP contribution is -2.14. The predicted octanol–water partition coefficient (Wildman–Crippen LogP) is 1.64. The number of hydrogen-bond acceptors (Lipinski definition) is 9. The van der Waals surface area contributed by atoms with Crippen molar-refractivity contribution in [2.24, 2.45) is 0 Å². The van der Waals surface area contributed by atoms with Crippen LogP contribution in [0.1, 0.15) is 0 Å². The SMILES string of the molecule is COc1cc(NS(=O)(=O)c2ccc(NC=C(C#N)C#N)cc2)nc(OC)n1. The van der Waals surface area contributed by atoms with Gasteiger partial charge in [-0.25, -0.2) is 8.42 Å². The average Bonchev–Trinajstić information content (AvgIpc) is 2.68. The molecule has 1 heterocycles. The van der Waals surface area contributed by atoms with Gasteiger partial charge in [-0.2, -0.15) is 20.5 Å². The number of methoxy groups -OCH3 is 2. The normalized spacial score (nSPS) is 10.1. The summed E-state index contributed by atoms with van der Waals surface area (Å²) in [5.74, 6) is 0.119. The minimum absolute atomic E-state index is 0.0171. The Balaban J connectivity index is 2.21. The number of sulfonamides is 1. The molecule has 0 fully saturated rings. The number of nitriles is 2. The van der Waals surface area contributed by atoms with Crippen LogP contribution in [0.2, 0.25) is 0 Å². The lowest BCUT2D eigenvalue weighted by Gasteiger charge is -2.10. The Morgan fingerprint density at radius 3 is 2.33 bits per heavy atom. The Hall–Kier alpha value is -3.83. The zero-order valence-corrected chi connectivity index (χ0v) is 15.1. The second-order valence-corrected chi connectivity index (χ2v) is 6.52. The molecule has 2 rings (SSSR count). The van der Waals surface area contributed by atoms with Crippen LogP contribution in [0.4, 0.5) is 11.5 Å². The maximum absolute atomic E-state index is 12.5. The van der Waals surface area contributed by atoms with E-state index in [4.69, 9.17) is 20.0 Å². The third kappa shape index (κ3) is 5.07. The standard InChI is InChI=1S/C16H14N6O4S/c1-25-15-7-14(20-16(21-15)26-2)22-27(23,24)13-5-3-12(4-6-13)19-10-11(8-17)9-18/h3-7,10,19H,1-2H3,(H,20,21,22). The fourth-order valence-corrected chi connectivity index (χ4v) is 2.82. The summed E-state index contributed by atoms with van der Waals surface area (Å²) in [5, 5.41) is 20.1. The van der Waals surface area contributed by atoms with Crippen molar-refractivity contribution >= 4 is 21.5 Å². The predicted molar refractivity (Wildman–Crippen MR) is 95.3 cm³/mol. The summed E-state index contributed by atoms with van der Waals surface area (Å²) in [5.41, 5.74) is 0.391. The van der Waals surface area contributed by atoms with Crippen molar-refractivity contribution < 1.29 is 17.9 Å². The highest BCUT2D eigenvalue weighted by molar-refractivity contribution is 7.92. The highest BCUT2D eigenvalue weighted by Crippen LogP contribution is 2.21. The Labute approximate surface area is 155 Å². The first-order valence-electron chi connectivity index (χ1n) is 7.28. The monoisotopic (exact) mass is 386 g/mol. The van der Waals surface area contributed by atoms with Crippen molar-refractivity contribution in [1.29, 1.82) is 10.5 Å². The molecule has 0 saturated carbocycles. The number of rotatable bonds is 7. The van der Waals surface area contributed by atoms with E-state index in [1.165, 1.54) is 50.8 Å². The van der Waals surface area contributed by atoms with Crippen LogP contribution in [0, 0.1) is 22.7 Å². The second kappa shape index (κ2) is 8.51. The number of anilines is 2. The van der Waals surface area contributed by atoms with Crippen molar-refractivity contribution in [1.82, 2.24) is 9.97 Å². The number of hydrogen-bond donors (Lipinski definition) is 2. The summed E-state index contributed by atoms with van der Waals surface area (Å²) in [4.78, 5) is 7.78. The molecule has 27 heavy (non-hydrogen) atoms. The maximum Gasteiger partial charge on any atom is 0.321 e. The lowest BCUT2D eigenvalue weighted by atomic mass is 10.3. The first-order chi connectivity index (χ1) is 12.9. The summed E-state index contributed by atoms with van der Waals surface area (Å²) in [7, 11) is -1.20. The summed E-state index contributed by atoms with van der Waals surface area (Å²) in [6, 6.07) is 10.3. The molecule has 0 saturated heterocycles. The van der Waals surface area contributed by atoms with E-state index in [-0.39, 0.29) is 28.2 Å². The van der Waals surface area contributed by atoms with Gasteiger partial charge in [-0.05, 0) is 24.3 Å². The van der Waals surface area contributed by atoms with Gasteiger partial charge in [0.1, 0.15) is 17.7 Å². The van der Waals surface area contributed by atoms with Crippen molar-refractivity contribution in [2.75, 3.05) is 24.3 Å². The van der Waals surface area contributed by atoms with E-state index in [1.54, 1.807) is 12.1 Å². The zero-order valence-electron chi connectivity index (χ0n) is 14.3. The van der Waals surface area contributed by atoms with Gasteiger partial charge in [0.2, 0.25) is 5.88 Å². The molecule has 0 aliphatic carbocycles. The molecule has 1 aromatic heterocycles. The molecule has 1 aromatic carbocycles. The molecular weight excluding hydrogens is 372 g/mol. The summed E-state index contributed by atoms with van der Waals surface area (Å²) in [6.07, 6.45) is 1.22. The number of allylic oxidation sites excluding steroid dienone is 1. The van der Waals surface area contributed by atoms with Gasteiger partial charge >= 0.3 is 6.01 Å². The van der Waals surface area contributed by atoms with Gasteiger partial charge < -0.3 is 14.8 Å². The van der Waals surface area contributed by atoms with Crippen LogP contribution in [0.3, 0.4) is 0 Å². The quantitative estimate of drug-likeness (QED) is 0.677. The maximum atomic E-state index is 12.5. The minimum atomic E-state index is -3.92. The molecule has 2 aromatic rings. The molecular formula is C16H14N6O4S. The molecule has 0 aliphatic heterocycles. The molecule has 0 atom stereocenters. The van der Waals surface area contributed by atoms with E-state index in [2.05, 4.69) is 20.0 Å². The Morgan fingerprint density at radius 2 is 1.78 bits per heavy atom. The number of benzene rings is 1. The van der Waals surface area contributed by atoms with Gasteiger partial charge in [0.25, 0.3) is 10.0 Å². The number of ether oxygens (including phenoxy) is 2. The number of nitrogens with one attached hydrogen (secondary N) is 2. The van der Waals surface area contributed by atoms with E-state index in [1.807, 2.05) is 0 Å². The van der Waals surface area contributed by atoms with E-state index >= 15 is 0 Å². The highest BCUT2D eigenvalue weighted by atomic mass is 32.2. The smallest absolute Gasteiger partial charge is 0.321 e. The first kappa shape index (κ1) is 19.5. The fraction of sp³-hybridized carbons (Fsp3) is 0.125. The van der Waals surface area contributed by atoms with Gasteiger partial charge in [0, 0.05) is 18.0 Å². The van der Waals surface area contributed by atoms with Crippen molar-refractivity contribution in [2.45, 2.75) is 4.90 Å². The zero-order chi connectivity index (χ0) is 19.9. The summed E-state index contributed by atoms with van der Waals surface area (Å²) >= 11 is 0. The summed E-state index contributed by atoms with van der Waals surface area (Å²) < 4.78 is 37.2. The fourth-order valence-electron chi connectivity index (χ4n) is 1.82. The Bertz CT molecular complexity index is 998. The summed E-state index contributed by atoms with van der Waals surface area (Å²) in [6.45, 7) is 0. The molecule has 0 amide bonds. The topological polar surface area (TPSA) is 150 Å². The minimum Gasteiger partial charge on any atom is -0.481 e. The van der Waals surface area contributed by atoms with Crippen molar-refractivity contribution in [3.63, 3.8) is 0 Å². The van der Waals surface area contributed by atoms with E-state index < -0.39 is 10.0 Å². The van der Waals surface area contributed by atoms with Gasteiger partial charge in [0.15, 0.2) is 5.82 Å². The molecule has 0 unspecified atom stereocenters. The molecule has 138 valence electrons. The van der Waals surface area contributed by atoms with Crippen molar-refractivity contribution in [3.05, 3.63) is 42.1 Å². The molecule has 11 heteroatoms. The second-order valence-electron chi connectivity index (χ2n) is 4.84. The largest absolute Gasteiger partial charge is 0.481 e. The Morgan fingerprint density at radius 1 is 1.11 bits per heavy atom. The van der Waals surface area contributed by atoms with E-state index in [9.17, 15) is 8.42 Å². The highest BCUT2D eigenvalue weighted by Gasteiger charge is 2.16. The van der Waals surface area contributed by atoms with E-state index in [0.717, 1.165) is 0 Å². The van der Waals surface area contributed by atoms with Gasteiger partial charge in [-0.3, -0.25) is 4.72 Å². The third-order valence-electron chi connectivity index (χ3n) is 3.10. The molecule has 0 spiro atoms. The van der Waals surface area contributed by atoms with Gasteiger partial charge in [-0.1, -0.05) is 0 Å². The van der Waals surface area contributed by atoms with Crippen LogP contribution in [0.25, 0.3) is 0 Å². The van der Waals surface area contributed by atoms with Crippen LogP contribution in [0.15, 0.2) is 47.0 Å². The Kier molecular flexibility index (Phi) is 6.14. The van der Waals surface area contributed by atoms with Crippen LogP contribution >= 0.6 is 0 Å². The van der Waals surface area contributed by atoms with E-state index in [0.29, 0.717) is 5.69 Å². The van der Waals surface area contributed by atoms with Crippen LogP contribution < -0.4 is 19.5 Å². The average molecular weight is 386 g/mol. The van der Waals surface area contributed by atoms with Crippen LogP contribution in [-0.2, 0) is 10.0 Å². The van der Waals surface area contributed by atoms with Gasteiger partial charge in [-0.15, -0.1) is 0 Å². The van der Waals surface area contributed by atoms with Crippen LogP contribution in [0.5, 0.6) is 11.9 Å². The van der Waals surface area contributed by atoms with Crippen LogP contribution in [-0.4, -0.2) is 32.6 Å². The number of aromatic nitrogens is 2. The number of nitrogens with zero attached hydrogens (tertiary/aromatic N) is 4. The third-order valence-corrected chi connectivity index (χ3v) is 4.47. The molecule has 0 radical (unpaired) electrons. The molecule has 0 bridgehead atoms. The molecule has 2 N–H and O–H groups in total. The van der Waals surface area contributed by atoms with Gasteiger partial charge in [0.05, 0.1) is 19.1 Å². The first-order valence-corrected chi connectivity index (χ1v) is 8.77. The lowest BCUT2D eigenvalue weighted by molar-refractivity contribution is 0.353. The van der Waals surface area contributed by atoms with Crippen molar-refractivity contribution in [3.8, 4) is 24.0 Å².